The highest BCUT2D eigenvalue weighted by Crippen LogP contribution is 2.43. The summed E-state index contributed by atoms with van der Waals surface area (Å²) >= 11 is 1.91. The van der Waals surface area contributed by atoms with Crippen molar-refractivity contribution < 1.29 is 0 Å². The van der Waals surface area contributed by atoms with E-state index in [1.165, 1.54) is 109 Å². The van der Waals surface area contributed by atoms with Gasteiger partial charge in [-0.05, 0) is 102 Å². The van der Waals surface area contributed by atoms with Crippen molar-refractivity contribution in [3.63, 3.8) is 0 Å². The summed E-state index contributed by atoms with van der Waals surface area (Å²) in [5.74, 6) is 0.484. The highest BCUT2D eigenvalue weighted by Gasteiger charge is 2.27. The number of fused-ring (bicyclic) bond motifs is 5. The number of benzene rings is 6. The summed E-state index contributed by atoms with van der Waals surface area (Å²) in [6.45, 7) is 13.8. The normalized spacial score (nSPS) is 12.9. The summed E-state index contributed by atoms with van der Waals surface area (Å²) in [5.41, 5.74) is 21.1. The standard InChI is InChI=1S/C48H41BNS/c1-27(2)39-25-32-16-8-10-18-36(32)44(39)34-20-14-23-42(29(34)4)49-45-31(6)48-41(37-19-11-12-24-43(37)51-48)26-40(45)38-22-13-21-35-30(5)46(50-47(35)38)33-17-9-7-15-28(33)3/h7-24,26-27,50H,25H2,1-6H3. The number of aromatic amines is 1. The fraction of sp³-hybridized carbons (Fsp3) is 0.167. The lowest BCUT2D eigenvalue weighted by Gasteiger charge is -2.19. The van der Waals surface area contributed by atoms with Crippen LogP contribution in [0.1, 0.15) is 52.8 Å². The van der Waals surface area contributed by atoms with Gasteiger partial charge >= 0.3 is 0 Å². The molecule has 1 nitrogen and oxygen atoms in total. The zero-order valence-electron chi connectivity index (χ0n) is 30.2. The maximum Gasteiger partial charge on any atom is 0.193 e. The third-order valence-corrected chi connectivity index (χ3v) is 12.7. The van der Waals surface area contributed by atoms with E-state index in [9.17, 15) is 0 Å². The van der Waals surface area contributed by atoms with E-state index >= 15 is 0 Å². The second-order valence-corrected chi connectivity index (χ2v) is 15.7. The summed E-state index contributed by atoms with van der Waals surface area (Å²) in [6, 6.07) is 42.8. The van der Waals surface area contributed by atoms with Gasteiger partial charge in [-0.1, -0.05) is 133 Å². The van der Waals surface area contributed by atoms with Gasteiger partial charge < -0.3 is 4.98 Å². The molecule has 0 spiro atoms. The van der Waals surface area contributed by atoms with E-state index in [4.69, 9.17) is 0 Å². The first-order chi connectivity index (χ1) is 24.8. The van der Waals surface area contributed by atoms with Crippen molar-refractivity contribution in [1.29, 1.82) is 0 Å². The Morgan fingerprint density at radius 3 is 2.12 bits per heavy atom. The first kappa shape index (κ1) is 31.8. The quantitative estimate of drug-likeness (QED) is 0.169. The van der Waals surface area contributed by atoms with Crippen molar-refractivity contribution >= 4 is 66.2 Å². The van der Waals surface area contributed by atoms with Gasteiger partial charge in [0, 0.05) is 42.4 Å². The van der Waals surface area contributed by atoms with Crippen LogP contribution >= 0.6 is 11.3 Å². The number of aryl methyl sites for hydroxylation is 3. The Hall–Kier alpha value is -5.12. The smallest absolute Gasteiger partial charge is 0.193 e. The first-order valence-electron chi connectivity index (χ1n) is 18.2. The van der Waals surface area contributed by atoms with E-state index in [0.29, 0.717) is 5.92 Å². The van der Waals surface area contributed by atoms with Crippen LogP contribution in [-0.4, -0.2) is 12.3 Å². The molecule has 0 fully saturated rings. The summed E-state index contributed by atoms with van der Waals surface area (Å²) in [5, 5.41) is 3.94. The van der Waals surface area contributed by atoms with Crippen LogP contribution in [0.4, 0.5) is 0 Å². The predicted molar refractivity (Wildman–Crippen MR) is 223 cm³/mol. The molecule has 1 aliphatic carbocycles. The molecule has 1 radical (unpaired) electrons. The van der Waals surface area contributed by atoms with E-state index in [-0.39, 0.29) is 0 Å². The highest BCUT2D eigenvalue weighted by molar-refractivity contribution is 7.26. The molecule has 0 bridgehead atoms. The van der Waals surface area contributed by atoms with Crippen molar-refractivity contribution in [2.24, 2.45) is 5.92 Å². The predicted octanol–water partition coefficient (Wildman–Crippen LogP) is 11.8. The SMILES string of the molecule is Cc1ccccc1-c1[nH]c2c(-c3cc4c(sc5ccccc54)c(C)c3[B]c3cccc(C4=C(C(C)C)Cc5ccccc54)c3C)cccc2c1C. The fourth-order valence-electron chi connectivity index (χ4n) is 8.57. The van der Waals surface area contributed by atoms with Crippen molar-refractivity contribution in [2.75, 3.05) is 0 Å². The lowest BCUT2D eigenvalue weighted by molar-refractivity contribution is 0.752. The third-order valence-electron chi connectivity index (χ3n) is 11.4. The second-order valence-electron chi connectivity index (χ2n) is 14.7. The molecule has 0 saturated carbocycles. The van der Waals surface area contributed by atoms with E-state index in [1.807, 2.05) is 11.3 Å². The molecule has 51 heavy (non-hydrogen) atoms. The van der Waals surface area contributed by atoms with Gasteiger partial charge in [-0.2, -0.15) is 0 Å². The van der Waals surface area contributed by atoms with E-state index in [1.54, 1.807) is 5.57 Å². The lowest BCUT2D eigenvalue weighted by atomic mass is 9.58. The molecule has 2 heterocycles. The van der Waals surface area contributed by atoms with Gasteiger partial charge in [0.15, 0.2) is 7.28 Å². The molecule has 9 rings (SSSR count). The van der Waals surface area contributed by atoms with Crippen LogP contribution in [0.25, 0.3) is 59.0 Å². The number of allylic oxidation sites excluding steroid dienone is 1. The molecule has 0 atom stereocenters. The Bertz CT molecular complexity index is 2720. The molecule has 6 aromatic carbocycles. The minimum atomic E-state index is 0.484. The van der Waals surface area contributed by atoms with Crippen LogP contribution in [0.5, 0.6) is 0 Å². The topological polar surface area (TPSA) is 15.8 Å². The molecular weight excluding hydrogens is 633 g/mol. The molecule has 0 saturated heterocycles. The van der Waals surface area contributed by atoms with Gasteiger partial charge in [-0.15, -0.1) is 11.3 Å². The van der Waals surface area contributed by atoms with E-state index in [0.717, 1.165) is 6.42 Å². The van der Waals surface area contributed by atoms with Gasteiger partial charge in [0.05, 0.1) is 5.52 Å². The zero-order valence-corrected chi connectivity index (χ0v) is 31.1. The Labute approximate surface area is 305 Å². The zero-order chi connectivity index (χ0) is 35.0. The Balaban J connectivity index is 1.27. The van der Waals surface area contributed by atoms with Crippen molar-refractivity contribution in [3.8, 4) is 22.4 Å². The lowest BCUT2D eigenvalue weighted by Crippen LogP contribution is -2.33. The van der Waals surface area contributed by atoms with Crippen LogP contribution in [-0.2, 0) is 6.42 Å². The Morgan fingerprint density at radius 2 is 1.29 bits per heavy atom. The van der Waals surface area contributed by atoms with Gasteiger partial charge in [-0.3, -0.25) is 0 Å². The van der Waals surface area contributed by atoms with Gasteiger partial charge in [0.2, 0.25) is 0 Å². The van der Waals surface area contributed by atoms with Crippen LogP contribution in [0, 0.1) is 33.6 Å². The number of hydrogen-bond donors (Lipinski definition) is 1. The summed E-state index contributed by atoms with van der Waals surface area (Å²) in [6.07, 6.45) is 1.03. The summed E-state index contributed by atoms with van der Waals surface area (Å²) in [4.78, 5) is 3.94. The van der Waals surface area contributed by atoms with E-state index < -0.39 is 0 Å². The number of para-hydroxylation sites is 1. The van der Waals surface area contributed by atoms with Gasteiger partial charge in [0.25, 0.3) is 0 Å². The average molecular weight is 675 g/mol. The van der Waals surface area contributed by atoms with Gasteiger partial charge in [0.1, 0.15) is 0 Å². The molecule has 1 N–H and O–H groups in total. The van der Waals surface area contributed by atoms with Crippen molar-refractivity contribution in [1.82, 2.24) is 4.98 Å². The maximum absolute atomic E-state index is 3.94. The number of hydrogen-bond acceptors (Lipinski definition) is 1. The van der Waals surface area contributed by atoms with Crippen LogP contribution in [0.15, 0.2) is 121 Å². The number of rotatable bonds is 6. The van der Waals surface area contributed by atoms with Crippen LogP contribution in [0.3, 0.4) is 0 Å². The summed E-state index contributed by atoms with van der Waals surface area (Å²) in [7, 11) is 2.47. The Kier molecular flexibility index (Phi) is 7.67. The van der Waals surface area contributed by atoms with Crippen molar-refractivity contribution in [2.45, 2.75) is 48.0 Å². The van der Waals surface area contributed by atoms with Gasteiger partial charge in [-0.25, -0.2) is 0 Å². The largest absolute Gasteiger partial charge is 0.354 e. The molecule has 247 valence electrons. The molecular formula is C48H41BNS. The average Bonchev–Trinajstić information content (AvgIpc) is 3.82. The molecule has 1 aliphatic rings. The third kappa shape index (κ3) is 5.05. The van der Waals surface area contributed by atoms with Crippen molar-refractivity contribution in [3.05, 3.63) is 160 Å². The second kappa shape index (κ2) is 12.3. The highest BCUT2D eigenvalue weighted by atomic mass is 32.1. The number of aromatic nitrogens is 1. The van der Waals surface area contributed by atoms with E-state index in [2.05, 4.69) is 169 Å². The molecule has 0 unspecified atom stereocenters. The van der Waals surface area contributed by atoms with Crippen LogP contribution < -0.4 is 10.9 Å². The molecule has 0 amide bonds. The number of thiophene rings is 1. The monoisotopic (exact) mass is 674 g/mol. The molecule has 2 aromatic heterocycles. The fourth-order valence-corrected chi connectivity index (χ4v) is 9.77. The first-order valence-corrected chi connectivity index (χ1v) is 19.0. The summed E-state index contributed by atoms with van der Waals surface area (Å²) < 4.78 is 2.70. The number of nitrogens with one attached hydrogen (secondary N) is 1. The molecule has 3 heteroatoms. The Morgan fingerprint density at radius 1 is 0.608 bits per heavy atom. The minimum Gasteiger partial charge on any atom is -0.354 e. The molecule has 8 aromatic rings. The molecule has 0 aliphatic heterocycles. The maximum atomic E-state index is 3.94. The number of H-pyrrole nitrogens is 1. The van der Waals surface area contributed by atoms with Crippen LogP contribution in [0.2, 0.25) is 0 Å². The minimum absolute atomic E-state index is 0.484.